The van der Waals surface area contributed by atoms with Gasteiger partial charge in [0.2, 0.25) is 0 Å². The maximum Gasteiger partial charge on any atom is 0.303 e. The van der Waals surface area contributed by atoms with E-state index in [9.17, 15) is 4.79 Å². The molecule has 0 spiro atoms. The number of carbonyl (C=O) groups is 1. The summed E-state index contributed by atoms with van der Waals surface area (Å²) in [5.74, 6) is -0.820. The lowest BCUT2D eigenvalue weighted by Gasteiger charge is -2.08. The Balaban J connectivity index is 3.06. The molecule has 14 heavy (non-hydrogen) atoms. The first kappa shape index (κ1) is 10.7. The van der Waals surface area contributed by atoms with Gasteiger partial charge in [-0.3, -0.25) is 15.2 Å². The molecule has 0 aromatic heterocycles. The Hall–Kier alpha value is -1.39. The van der Waals surface area contributed by atoms with Crippen LogP contribution in [0.3, 0.4) is 0 Å². The lowest BCUT2D eigenvalue weighted by molar-refractivity contribution is -0.260. The normalized spacial score (nSPS) is 10.0. The lowest BCUT2D eigenvalue weighted by Crippen LogP contribution is -2.23. The fraction of sp³-hybridized carbons (Fsp3) is 0.300. The van der Waals surface area contributed by atoms with Gasteiger partial charge in [0.25, 0.3) is 0 Å². The van der Waals surface area contributed by atoms with E-state index >= 15 is 0 Å². The van der Waals surface area contributed by atoms with Gasteiger partial charge in [-0.1, -0.05) is 18.2 Å². The zero-order valence-electron chi connectivity index (χ0n) is 8.19. The highest BCUT2D eigenvalue weighted by molar-refractivity contribution is 5.92. The molecule has 0 heterocycles. The summed E-state index contributed by atoms with van der Waals surface area (Å²) in [6.45, 7) is 3.93. The molecule has 2 N–H and O–H groups in total. The number of nitrogens with zero attached hydrogens (tertiary/aromatic N) is 1. The average molecular weight is 195 g/mol. The lowest BCUT2D eigenvalue weighted by atomic mass is 10.0. The first-order valence-corrected chi connectivity index (χ1v) is 4.38. The summed E-state index contributed by atoms with van der Waals surface area (Å²) >= 11 is 0. The van der Waals surface area contributed by atoms with Gasteiger partial charge in [0, 0.05) is 5.56 Å². The molecule has 1 aromatic rings. The summed E-state index contributed by atoms with van der Waals surface area (Å²) in [5.41, 5.74) is 2.39. The summed E-state index contributed by atoms with van der Waals surface area (Å²) in [7, 11) is 0. The van der Waals surface area contributed by atoms with Crippen LogP contribution in [0.2, 0.25) is 0 Å². The third kappa shape index (κ3) is 2.10. The summed E-state index contributed by atoms with van der Waals surface area (Å²) in [6.07, 6.45) is 0.809. The van der Waals surface area contributed by atoms with Crippen molar-refractivity contribution in [3.05, 3.63) is 34.9 Å². The number of amides is 1. The molecule has 4 nitrogen and oxygen atoms in total. The van der Waals surface area contributed by atoms with Gasteiger partial charge in [0.05, 0.1) is 0 Å². The van der Waals surface area contributed by atoms with Crippen molar-refractivity contribution in [1.29, 1.82) is 0 Å². The van der Waals surface area contributed by atoms with Gasteiger partial charge in [0.15, 0.2) is 0 Å². The van der Waals surface area contributed by atoms with Gasteiger partial charge < -0.3 is 0 Å². The van der Waals surface area contributed by atoms with E-state index in [0.717, 1.165) is 17.5 Å². The van der Waals surface area contributed by atoms with Crippen LogP contribution < -0.4 is 0 Å². The first-order chi connectivity index (χ1) is 6.56. The molecule has 4 heteroatoms. The fourth-order valence-electron chi connectivity index (χ4n) is 1.30. The minimum atomic E-state index is -0.820. The first-order valence-electron chi connectivity index (χ1n) is 4.38. The molecule has 1 amide bonds. The summed E-state index contributed by atoms with van der Waals surface area (Å²) in [6, 6.07) is 5.02. The predicted octanol–water partition coefficient (Wildman–Crippen LogP) is 1.78. The van der Waals surface area contributed by atoms with E-state index in [4.69, 9.17) is 10.4 Å². The van der Waals surface area contributed by atoms with Crippen LogP contribution >= 0.6 is 0 Å². The van der Waals surface area contributed by atoms with Gasteiger partial charge >= 0.3 is 5.91 Å². The average Bonchev–Trinajstić information content (AvgIpc) is 2.17. The second kappa shape index (κ2) is 4.21. The van der Waals surface area contributed by atoms with Crippen LogP contribution in [-0.4, -0.2) is 21.5 Å². The van der Waals surface area contributed by atoms with Crippen molar-refractivity contribution in [2.75, 3.05) is 0 Å². The fourth-order valence-corrected chi connectivity index (χ4v) is 1.30. The van der Waals surface area contributed by atoms with Crippen molar-refractivity contribution in [3.63, 3.8) is 0 Å². The second-order valence-corrected chi connectivity index (χ2v) is 3.09. The monoisotopic (exact) mass is 195 g/mol. The molecule has 76 valence electrons. The van der Waals surface area contributed by atoms with Gasteiger partial charge in [0.1, 0.15) is 0 Å². The van der Waals surface area contributed by atoms with Crippen molar-refractivity contribution in [3.8, 4) is 0 Å². The molecule has 0 bridgehead atoms. The van der Waals surface area contributed by atoms with Gasteiger partial charge in [-0.15, -0.1) is 0 Å². The molecule has 0 atom stereocenters. The molecule has 0 saturated heterocycles. The zero-order valence-corrected chi connectivity index (χ0v) is 8.19. The van der Waals surface area contributed by atoms with Gasteiger partial charge in [-0.2, -0.15) is 0 Å². The molecule has 1 rings (SSSR count). The maximum absolute atomic E-state index is 11.1. The highest BCUT2D eigenvalue weighted by Gasteiger charge is 2.11. The van der Waals surface area contributed by atoms with E-state index in [2.05, 4.69) is 0 Å². The third-order valence-electron chi connectivity index (χ3n) is 2.16. The largest absolute Gasteiger partial charge is 0.303 e. The van der Waals surface area contributed by atoms with Crippen LogP contribution in [0.4, 0.5) is 0 Å². The Morgan fingerprint density at radius 2 is 2.07 bits per heavy atom. The predicted molar refractivity (Wildman–Crippen MR) is 50.3 cm³/mol. The van der Waals surface area contributed by atoms with Crippen LogP contribution in [-0.2, 0) is 6.42 Å². The van der Waals surface area contributed by atoms with Crippen LogP contribution in [0.5, 0.6) is 0 Å². The molecule has 0 aliphatic carbocycles. The number of aryl methyl sites for hydroxylation is 2. The van der Waals surface area contributed by atoms with Crippen molar-refractivity contribution in [1.82, 2.24) is 5.23 Å². The maximum atomic E-state index is 11.1. The molecule has 0 fully saturated rings. The minimum absolute atomic E-state index is 0.275. The van der Waals surface area contributed by atoms with Crippen LogP contribution in [0, 0.1) is 6.92 Å². The molecule has 1 aromatic carbocycles. The Morgan fingerprint density at radius 3 is 2.57 bits per heavy atom. The molecule has 0 unspecified atom stereocenters. The molecule has 0 aliphatic rings. The molecule has 0 saturated carbocycles. The smallest absolute Gasteiger partial charge is 0.264 e. The zero-order chi connectivity index (χ0) is 10.7. The summed E-state index contributed by atoms with van der Waals surface area (Å²) in [4.78, 5) is 11.1. The van der Waals surface area contributed by atoms with E-state index in [1.807, 2.05) is 13.8 Å². The molecule has 0 radical (unpaired) electrons. The third-order valence-corrected chi connectivity index (χ3v) is 2.16. The van der Waals surface area contributed by atoms with Crippen LogP contribution in [0.25, 0.3) is 0 Å². The highest BCUT2D eigenvalue weighted by Crippen LogP contribution is 2.12. The Morgan fingerprint density at radius 1 is 1.43 bits per heavy atom. The Kier molecular flexibility index (Phi) is 3.22. The van der Waals surface area contributed by atoms with E-state index in [1.165, 1.54) is 0 Å². The standard InChI is InChI=1S/C10H13NO3/c1-3-8-6-9(5-4-7(8)2)10(12)11(13)14/h4-6,13-14H,3H2,1-2H3. The van der Waals surface area contributed by atoms with E-state index in [-0.39, 0.29) is 5.56 Å². The summed E-state index contributed by atoms with van der Waals surface area (Å²) in [5, 5.41) is 16.7. The van der Waals surface area contributed by atoms with Gasteiger partial charge in [-0.25, -0.2) is 0 Å². The van der Waals surface area contributed by atoms with Gasteiger partial charge in [-0.05, 0) is 36.6 Å². The van der Waals surface area contributed by atoms with Crippen LogP contribution in [0.15, 0.2) is 18.2 Å². The van der Waals surface area contributed by atoms with Crippen molar-refractivity contribution < 1.29 is 15.2 Å². The number of rotatable bonds is 2. The van der Waals surface area contributed by atoms with Crippen LogP contribution in [0.1, 0.15) is 28.4 Å². The Labute approximate surface area is 82.3 Å². The molecular weight excluding hydrogens is 182 g/mol. The molecule has 0 aliphatic heterocycles. The van der Waals surface area contributed by atoms with Crippen molar-refractivity contribution >= 4 is 5.91 Å². The van der Waals surface area contributed by atoms with Crippen molar-refractivity contribution in [2.24, 2.45) is 0 Å². The SMILES string of the molecule is CCc1cc(C(=O)N(O)O)ccc1C. The number of hydrogen-bond donors (Lipinski definition) is 2. The number of benzene rings is 1. The topological polar surface area (TPSA) is 60.8 Å². The quantitative estimate of drug-likeness (QED) is 0.558. The molecular formula is C10H13NO3. The Bertz CT molecular complexity index is 347. The number of hydrogen-bond acceptors (Lipinski definition) is 3. The van der Waals surface area contributed by atoms with Crippen molar-refractivity contribution in [2.45, 2.75) is 20.3 Å². The van der Waals surface area contributed by atoms with E-state index in [1.54, 1.807) is 18.2 Å². The second-order valence-electron chi connectivity index (χ2n) is 3.09. The summed E-state index contributed by atoms with van der Waals surface area (Å²) < 4.78 is 0. The minimum Gasteiger partial charge on any atom is -0.264 e. The highest BCUT2D eigenvalue weighted by atomic mass is 16.8. The van der Waals surface area contributed by atoms with E-state index < -0.39 is 11.1 Å². The number of carbonyl (C=O) groups excluding carboxylic acids is 1. The van der Waals surface area contributed by atoms with E-state index in [0.29, 0.717) is 0 Å². The number of hydroxylamine groups is 2.